The molecule has 0 bridgehead atoms. The highest BCUT2D eigenvalue weighted by Crippen LogP contribution is 2.42. The van der Waals surface area contributed by atoms with Crippen molar-refractivity contribution in [3.8, 4) is 17.2 Å². The minimum atomic E-state index is -0.728. The predicted molar refractivity (Wildman–Crippen MR) is 54.3 cm³/mol. The summed E-state index contributed by atoms with van der Waals surface area (Å²) < 4.78 is 15.6. The van der Waals surface area contributed by atoms with Gasteiger partial charge in [0.2, 0.25) is 12.5 Å². The summed E-state index contributed by atoms with van der Waals surface area (Å²) in [4.78, 5) is 0. The summed E-state index contributed by atoms with van der Waals surface area (Å²) in [5.41, 5.74) is 0.672. The van der Waals surface area contributed by atoms with E-state index in [1.54, 1.807) is 19.2 Å². The Morgan fingerprint density at radius 1 is 1.53 bits per heavy atom. The van der Waals surface area contributed by atoms with E-state index in [-0.39, 0.29) is 6.79 Å². The average Bonchev–Trinajstić information content (AvgIpc) is 2.74. The van der Waals surface area contributed by atoms with Crippen LogP contribution in [0, 0.1) is 0 Å². The topological polar surface area (TPSA) is 47.9 Å². The molecule has 15 heavy (non-hydrogen) atoms. The van der Waals surface area contributed by atoms with Gasteiger partial charge in [-0.2, -0.15) is 0 Å². The van der Waals surface area contributed by atoms with Crippen molar-refractivity contribution in [3.05, 3.63) is 30.4 Å². The van der Waals surface area contributed by atoms with Crippen LogP contribution in [0.1, 0.15) is 11.7 Å². The van der Waals surface area contributed by atoms with Gasteiger partial charge in [0.25, 0.3) is 0 Å². The summed E-state index contributed by atoms with van der Waals surface area (Å²) in [5.74, 6) is 1.73. The zero-order valence-electron chi connectivity index (χ0n) is 8.40. The molecular formula is C11H12O4. The molecule has 0 radical (unpaired) electrons. The Kier molecular flexibility index (Phi) is 2.51. The van der Waals surface area contributed by atoms with Gasteiger partial charge >= 0.3 is 0 Å². The standard InChI is InChI=1S/C11H12O4/c1-3-8(12)7-4-9(13-2)11-10(5-7)14-6-15-11/h3-5,8,12H,1,6H2,2H3. The Bertz CT molecular complexity index is 386. The number of ether oxygens (including phenoxy) is 3. The molecule has 0 saturated heterocycles. The quantitative estimate of drug-likeness (QED) is 0.767. The number of methoxy groups -OCH3 is 1. The van der Waals surface area contributed by atoms with Gasteiger partial charge in [-0.15, -0.1) is 6.58 Å². The fraction of sp³-hybridized carbons (Fsp3) is 0.273. The first kappa shape index (κ1) is 9.86. The van der Waals surface area contributed by atoms with Crippen LogP contribution in [-0.4, -0.2) is 19.0 Å². The third kappa shape index (κ3) is 1.64. The molecule has 1 aromatic rings. The highest BCUT2D eigenvalue weighted by molar-refractivity contribution is 5.55. The maximum absolute atomic E-state index is 9.61. The largest absolute Gasteiger partial charge is 0.493 e. The average molecular weight is 208 g/mol. The number of hydrogen-bond donors (Lipinski definition) is 1. The molecule has 1 N–H and O–H groups in total. The van der Waals surface area contributed by atoms with Crippen molar-refractivity contribution in [2.75, 3.05) is 13.9 Å². The highest BCUT2D eigenvalue weighted by atomic mass is 16.7. The molecule has 0 aromatic heterocycles. The van der Waals surface area contributed by atoms with Gasteiger partial charge in [0.05, 0.1) is 13.2 Å². The van der Waals surface area contributed by atoms with Gasteiger partial charge in [-0.3, -0.25) is 0 Å². The van der Waals surface area contributed by atoms with E-state index in [0.29, 0.717) is 22.8 Å². The van der Waals surface area contributed by atoms with Gasteiger partial charge in [0, 0.05) is 0 Å². The molecular weight excluding hydrogens is 196 g/mol. The molecule has 2 rings (SSSR count). The Labute approximate surface area is 87.7 Å². The van der Waals surface area contributed by atoms with Crippen LogP contribution < -0.4 is 14.2 Å². The molecule has 1 heterocycles. The van der Waals surface area contributed by atoms with Crippen molar-refractivity contribution in [3.63, 3.8) is 0 Å². The van der Waals surface area contributed by atoms with E-state index in [1.807, 2.05) is 0 Å². The summed E-state index contributed by atoms with van der Waals surface area (Å²) in [6, 6.07) is 3.43. The van der Waals surface area contributed by atoms with Gasteiger partial charge in [-0.25, -0.2) is 0 Å². The lowest BCUT2D eigenvalue weighted by Gasteiger charge is -2.10. The van der Waals surface area contributed by atoms with E-state index >= 15 is 0 Å². The number of fused-ring (bicyclic) bond motifs is 1. The number of aliphatic hydroxyl groups excluding tert-OH is 1. The Balaban J connectivity index is 2.47. The second-order valence-corrected chi connectivity index (χ2v) is 3.14. The fourth-order valence-corrected chi connectivity index (χ4v) is 1.46. The maximum Gasteiger partial charge on any atom is 0.231 e. The van der Waals surface area contributed by atoms with E-state index < -0.39 is 6.10 Å². The zero-order valence-corrected chi connectivity index (χ0v) is 8.40. The number of rotatable bonds is 3. The van der Waals surface area contributed by atoms with E-state index in [0.717, 1.165) is 0 Å². The number of hydrogen-bond acceptors (Lipinski definition) is 4. The molecule has 0 saturated carbocycles. The van der Waals surface area contributed by atoms with Crippen molar-refractivity contribution >= 4 is 0 Å². The van der Waals surface area contributed by atoms with Crippen molar-refractivity contribution in [1.29, 1.82) is 0 Å². The molecule has 0 fully saturated rings. The normalized spacial score (nSPS) is 14.8. The molecule has 0 aliphatic carbocycles. The van der Waals surface area contributed by atoms with Crippen molar-refractivity contribution < 1.29 is 19.3 Å². The minimum absolute atomic E-state index is 0.180. The van der Waals surface area contributed by atoms with Crippen LogP contribution in [-0.2, 0) is 0 Å². The Morgan fingerprint density at radius 3 is 3.00 bits per heavy atom. The number of benzene rings is 1. The van der Waals surface area contributed by atoms with Gasteiger partial charge in [-0.1, -0.05) is 6.08 Å². The van der Waals surface area contributed by atoms with E-state index in [9.17, 15) is 5.11 Å². The molecule has 1 atom stereocenters. The smallest absolute Gasteiger partial charge is 0.231 e. The summed E-state index contributed by atoms with van der Waals surface area (Å²) in [5, 5.41) is 9.61. The molecule has 80 valence electrons. The third-order valence-corrected chi connectivity index (χ3v) is 2.25. The van der Waals surface area contributed by atoms with Crippen molar-refractivity contribution in [2.24, 2.45) is 0 Å². The molecule has 1 aromatic carbocycles. The first-order chi connectivity index (χ1) is 7.26. The predicted octanol–water partition coefficient (Wildman–Crippen LogP) is 1.64. The maximum atomic E-state index is 9.61. The zero-order chi connectivity index (χ0) is 10.8. The highest BCUT2D eigenvalue weighted by Gasteiger charge is 2.21. The first-order valence-corrected chi connectivity index (χ1v) is 4.54. The molecule has 0 amide bonds. The minimum Gasteiger partial charge on any atom is -0.493 e. The Morgan fingerprint density at radius 2 is 2.33 bits per heavy atom. The molecule has 4 heteroatoms. The van der Waals surface area contributed by atoms with Crippen LogP contribution in [0.25, 0.3) is 0 Å². The van der Waals surface area contributed by atoms with E-state index in [1.165, 1.54) is 6.08 Å². The van der Waals surface area contributed by atoms with Crippen molar-refractivity contribution in [2.45, 2.75) is 6.10 Å². The van der Waals surface area contributed by atoms with Crippen LogP contribution in [0.3, 0.4) is 0 Å². The SMILES string of the molecule is C=CC(O)c1cc(OC)c2c(c1)OCO2. The van der Waals surface area contributed by atoms with Crippen LogP contribution in [0.5, 0.6) is 17.2 Å². The van der Waals surface area contributed by atoms with Crippen molar-refractivity contribution in [1.82, 2.24) is 0 Å². The molecule has 0 spiro atoms. The lowest BCUT2D eigenvalue weighted by atomic mass is 10.1. The van der Waals surface area contributed by atoms with Crippen LogP contribution in [0.2, 0.25) is 0 Å². The monoisotopic (exact) mass is 208 g/mol. The molecule has 1 aliphatic heterocycles. The fourth-order valence-electron chi connectivity index (χ4n) is 1.46. The number of aliphatic hydroxyl groups is 1. The summed E-state index contributed by atoms with van der Waals surface area (Å²) in [7, 11) is 1.54. The lowest BCUT2D eigenvalue weighted by molar-refractivity contribution is 0.171. The third-order valence-electron chi connectivity index (χ3n) is 2.25. The second kappa shape index (κ2) is 3.82. The van der Waals surface area contributed by atoms with Crippen LogP contribution >= 0.6 is 0 Å². The van der Waals surface area contributed by atoms with E-state index in [2.05, 4.69) is 6.58 Å². The summed E-state index contributed by atoms with van der Waals surface area (Å²) in [6.45, 7) is 3.70. The summed E-state index contributed by atoms with van der Waals surface area (Å²) >= 11 is 0. The van der Waals surface area contributed by atoms with Gasteiger partial charge in [0.15, 0.2) is 11.5 Å². The van der Waals surface area contributed by atoms with Crippen LogP contribution in [0.4, 0.5) is 0 Å². The van der Waals surface area contributed by atoms with Gasteiger partial charge in [-0.05, 0) is 17.7 Å². The van der Waals surface area contributed by atoms with Crippen LogP contribution in [0.15, 0.2) is 24.8 Å². The van der Waals surface area contributed by atoms with Gasteiger partial charge in [0.1, 0.15) is 0 Å². The van der Waals surface area contributed by atoms with Gasteiger partial charge < -0.3 is 19.3 Å². The van der Waals surface area contributed by atoms with E-state index in [4.69, 9.17) is 14.2 Å². The molecule has 1 unspecified atom stereocenters. The first-order valence-electron chi connectivity index (χ1n) is 4.54. The lowest BCUT2D eigenvalue weighted by Crippen LogP contribution is -1.94. The second-order valence-electron chi connectivity index (χ2n) is 3.14. The molecule has 4 nitrogen and oxygen atoms in total. The Hall–Kier alpha value is -1.68. The summed E-state index contributed by atoms with van der Waals surface area (Å²) in [6.07, 6.45) is 0.713. The molecule has 1 aliphatic rings.